The lowest BCUT2D eigenvalue weighted by molar-refractivity contribution is 0.198. The van der Waals surface area contributed by atoms with Crippen LogP contribution in [0.1, 0.15) is 6.92 Å². The Labute approximate surface area is 120 Å². The molecule has 1 aromatic carbocycles. The molecule has 0 aliphatic rings. The quantitative estimate of drug-likeness (QED) is 0.645. The summed E-state index contributed by atoms with van der Waals surface area (Å²) in [5.74, 6) is 0.806. The van der Waals surface area contributed by atoms with Crippen LogP contribution in [0.2, 0.25) is 5.02 Å². The SMILES string of the molecule is COCCNCCNCC(C)Oc1cccc(Cl)c1. The molecule has 0 bridgehead atoms. The first kappa shape index (κ1) is 16.2. The van der Waals surface area contributed by atoms with Crippen molar-refractivity contribution in [1.29, 1.82) is 0 Å². The highest BCUT2D eigenvalue weighted by Crippen LogP contribution is 2.17. The number of hydrogen-bond acceptors (Lipinski definition) is 4. The van der Waals surface area contributed by atoms with Crippen LogP contribution in [0.5, 0.6) is 5.75 Å². The molecule has 1 unspecified atom stereocenters. The van der Waals surface area contributed by atoms with Crippen LogP contribution in [0, 0.1) is 0 Å². The minimum absolute atomic E-state index is 0.109. The van der Waals surface area contributed by atoms with Gasteiger partial charge in [0.1, 0.15) is 11.9 Å². The van der Waals surface area contributed by atoms with Gasteiger partial charge in [0.05, 0.1) is 6.61 Å². The van der Waals surface area contributed by atoms with E-state index in [-0.39, 0.29) is 6.10 Å². The topological polar surface area (TPSA) is 42.5 Å². The highest BCUT2D eigenvalue weighted by atomic mass is 35.5. The molecule has 0 saturated heterocycles. The largest absolute Gasteiger partial charge is 0.489 e. The van der Waals surface area contributed by atoms with Gasteiger partial charge in [-0.25, -0.2) is 0 Å². The third-order valence-corrected chi connectivity index (χ3v) is 2.76. The normalized spacial score (nSPS) is 12.4. The van der Waals surface area contributed by atoms with E-state index < -0.39 is 0 Å². The van der Waals surface area contributed by atoms with E-state index in [1.165, 1.54) is 0 Å². The van der Waals surface area contributed by atoms with E-state index in [2.05, 4.69) is 10.6 Å². The Morgan fingerprint density at radius 1 is 1.21 bits per heavy atom. The molecular weight excluding hydrogens is 264 g/mol. The first-order valence-corrected chi connectivity index (χ1v) is 6.92. The van der Waals surface area contributed by atoms with Gasteiger partial charge >= 0.3 is 0 Å². The van der Waals surface area contributed by atoms with Crippen LogP contribution in [0.4, 0.5) is 0 Å². The van der Waals surface area contributed by atoms with Crippen LogP contribution >= 0.6 is 11.6 Å². The Bertz CT molecular complexity index is 350. The zero-order valence-corrected chi connectivity index (χ0v) is 12.4. The van der Waals surface area contributed by atoms with Crippen molar-refractivity contribution in [1.82, 2.24) is 10.6 Å². The van der Waals surface area contributed by atoms with Gasteiger partial charge in [-0.15, -0.1) is 0 Å². The fraction of sp³-hybridized carbons (Fsp3) is 0.571. The summed E-state index contributed by atoms with van der Waals surface area (Å²) < 4.78 is 10.7. The Morgan fingerprint density at radius 2 is 2.00 bits per heavy atom. The van der Waals surface area contributed by atoms with E-state index in [0.717, 1.165) is 38.5 Å². The highest BCUT2D eigenvalue weighted by Gasteiger charge is 2.03. The molecule has 0 aliphatic carbocycles. The summed E-state index contributed by atoms with van der Waals surface area (Å²) in [6, 6.07) is 7.46. The lowest BCUT2D eigenvalue weighted by Gasteiger charge is -2.15. The van der Waals surface area contributed by atoms with Crippen molar-refractivity contribution in [3.63, 3.8) is 0 Å². The molecule has 1 rings (SSSR count). The van der Waals surface area contributed by atoms with Crippen LogP contribution in [0.15, 0.2) is 24.3 Å². The zero-order valence-electron chi connectivity index (χ0n) is 11.6. The molecule has 0 spiro atoms. The Hall–Kier alpha value is -0.810. The third-order valence-electron chi connectivity index (χ3n) is 2.53. The maximum absolute atomic E-state index is 5.90. The third kappa shape index (κ3) is 8.06. The van der Waals surface area contributed by atoms with Gasteiger partial charge in [-0.1, -0.05) is 17.7 Å². The van der Waals surface area contributed by atoms with E-state index in [9.17, 15) is 0 Å². The van der Waals surface area contributed by atoms with Crippen molar-refractivity contribution in [2.75, 3.05) is 39.9 Å². The fourth-order valence-electron chi connectivity index (χ4n) is 1.60. The summed E-state index contributed by atoms with van der Waals surface area (Å²) >= 11 is 5.90. The second-order valence-electron chi connectivity index (χ2n) is 4.33. The number of halogens is 1. The Morgan fingerprint density at radius 3 is 2.74 bits per heavy atom. The summed E-state index contributed by atoms with van der Waals surface area (Å²) in [6.45, 7) is 6.30. The summed E-state index contributed by atoms with van der Waals surface area (Å²) in [7, 11) is 1.70. The second kappa shape index (κ2) is 10.0. The van der Waals surface area contributed by atoms with E-state index in [1.807, 2.05) is 31.2 Å². The molecule has 0 saturated carbocycles. The molecule has 108 valence electrons. The average molecular weight is 287 g/mol. The molecule has 1 aromatic rings. The molecule has 0 aliphatic heterocycles. The molecular formula is C14H23ClN2O2. The summed E-state index contributed by atoms with van der Waals surface area (Å²) in [5.41, 5.74) is 0. The van der Waals surface area contributed by atoms with Crippen molar-refractivity contribution < 1.29 is 9.47 Å². The lowest BCUT2D eigenvalue weighted by atomic mass is 10.3. The number of nitrogens with one attached hydrogen (secondary N) is 2. The number of methoxy groups -OCH3 is 1. The molecule has 5 heteroatoms. The molecule has 19 heavy (non-hydrogen) atoms. The number of ether oxygens (including phenoxy) is 2. The second-order valence-corrected chi connectivity index (χ2v) is 4.77. The van der Waals surface area contributed by atoms with Gasteiger partial charge in [0, 0.05) is 38.3 Å². The maximum atomic E-state index is 5.90. The first-order valence-electron chi connectivity index (χ1n) is 6.55. The number of hydrogen-bond donors (Lipinski definition) is 2. The van der Waals surface area contributed by atoms with E-state index in [0.29, 0.717) is 5.02 Å². The smallest absolute Gasteiger partial charge is 0.121 e. The van der Waals surface area contributed by atoms with Gasteiger partial charge in [0.2, 0.25) is 0 Å². The van der Waals surface area contributed by atoms with Gasteiger partial charge in [0.25, 0.3) is 0 Å². The van der Waals surface area contributed by atoms with Crippen LogP contribution < -0.4 is 15.4 Å². The first-order chi connectivity index (χ1) is 9.22. The number of benzene rings is 1. The standard InChI is InChI=1S/C14H23ClN2O2/c1-12(11-17-7-6-16-8-9-18-2)19-14-5-3-4-13(15)10-14/h3-5,10,12,16-17H,6-9,11H2,1-2H3. The summed E-state index contributed by atoms with van der Waals surface area (Å²) in [4.78, 5) is 0. The predicted octanol–water partition coefficient (Wildman–Crippen LogP) is 1.93. The lowest BCUT2D eigenvalue weighted by Crippen LogP contribution is -2.34. The molecule has 0 fully saturated rings. The predicted molar refractivity (Wildman–Crippen MR) is 79.2 cm³/mol. The molecule has 1 atom stereocenters. The summed E-state index contributed by atoms with van der Waals surface area (Å²) in [5, 5.41) is 7.30. The molecule has 0 amide bonds. The van der Waals surface area contributed by atoms with Crippen molar-refractivity contribution in [3.8, 4) is 5.75 Å². The fourth-order valence-corrected chi connectivity index (χ4v) is 1.78. The Kier molecular flexibility index (Phi) is 8.58. The highest BCUT2D eigenvalue weighted by molar-refractivity contribution is 6.30. The molecule has 0 radical (unpaired) electrons. The molecule has 2 N–H and O–H groups in total. The van der Waals surface area contributed by atoms with Gasteiger partial charge in [-0.3, -0.25) is 0 Å². The van der Waals surface area contributed by atoms with Crippen molar-refractivity contribution in [2.45, 2.75) is 13.0 Å². The van der Waals surface area contributed by atoms with E-state index >= 15 is 0 Å². The van der Waals surface area contributed by atoms with Crippen LogP contribution in [-0.4, -0.2) is 46.0 Å². The maximum Gasteiger partial charge on any atom is 0.121 e. The van der Waals surface area contributed by atoms with E-state index in [1.54, 1.807) is 7.11 Å². The molecule has 0 heterocycles. The molecule has 0 aromatic heterocycles. The Balaban J connectivity index is 2.06. The number of rotatable bonds is 10. The van der Waals surface area contributed by atoms with Gasteiger partial charge < -0.3 is 20.1 Å². The average Bonchev–Trinajstić information content (AvgIpc) is 2.37. The van der Waals surface area contributed by atoms with E-state index in [4.69, 9.17) is 21.1 Å². The van der Waals surface area contributed by atoms with Crippen molar-refractivity contribution in [2.24, 2.45) is 0 Å². The minimum Gasteiger partial charge on any atom is -0.489 e. The van der Waals surface area contributed by atoms with Crippen molar-refractivity contribution in [3.05, 3.63) is 29.3 Å². The van der Waals surface area contributed by atoms with Gasteiger partial charge in [0.15, 0.2) is 0 Å². The molecule has 4 nitrogen and oxygen atoms in total. The van der Waals surface area contributed by atoms with Gasteiger partial charge in [-0.05, 0) is 25.1 Å². The monoisotopic (exact) mass is 286 g/mol. The minimum atomic E-state index is 0.109. The van der Waals surface area contributed by atoms with Crippen LogP contribution in [0.25, 0.3) is 0 Å². The summed E-state index contributed by atoms with van der Waals surface area (Å²) in [6.07, 6.45) is 0.109. The zero-order chi connectivity index (χ0) is 13.9. The van der Waals surface area contributed by atoms with Crippen LogP contribution in [0.3, 0.4) is 0 Å². The van der Waals surface area contributed by atoms with Crippen LogP contribution in [-0.2, 0) is 4.74 Å². The van der Waals surface area contributed by atoms with Crippen molar-refractivity contribution >= 4 is 11.6 Å². The van der Waals surface area contributed by atoms with Gasteiger partial charge in [-0.2, -0.15) is 0 Å².